The van der Waals surface area contributed by atoms with Crippen molar-refractivity contribution in [3.63, 3.8) is 0 Å². The fraction of sp³-hybridized carbons (Fsp3) is 0.882. The molecule has 0 aromatic carbocycles. The van der Waals surface area contributed by atoms with Crippen molar-refractivity contribution in [2.45, 2.75) is 68.9 Å². The fourth-order valence-corrected chi connectivity index (χ4v) is 5.65. The molecule has 0 spiro atoms. The van der Waals surface area contributed by atoms with Crippen LogP contribution in [0.15, 0.2) is 0 Å². The van der Waals surface area contributed by atoms with Crippen LogP contribution in [0.4, 0.5) is 0 Å². The SMILES string of the molecule is N#C[C@]12CCCC[C@H]1C[C@@H]1CCCC[C@]1(C#N)[NH+]2CCO. The fourth-order valence-electron chi connectivity index (χ4n) is 5.65. The molecule has 1 saturated heterocycles. The lowest BCUT2D eigenvalue weighted by Gasteiger charge is -2.58. The van der Waals surface area contributed by atoms with Crippen molar-refractivity contribution >= 4 is 0 Å². The van der Waals surface area contributed by atoms with E-state index >= 15 is 0 Å². The summed E-state index contributed by atoms with van der Waals surface area (Å²) in [6.07, 6.45) is 9.71. The number of piperidine rings is 1. The number of hydrogen-bond donors (Lipinski definition) is 2. The van der Waals surface area contributed by atoms with Gasteiger partial charge in [-0.2, -0.15) is 10.5 Å². The minimum atomic E-state index is -0.426. The van der Waals surface area contributed by atoms with E-state index in [-0.39, 0.29) is 6.61 Å². The first-order valence-electron chi connectivity index (χ1n) is 8.53. The Labute approximate surface area is 127 Å². The Morgan fingerprint density at radius 1 is 0.952 bits per heavy atom. The number of rotatable bonds is 2. The zero-order valence-electron chi connectivity index (χ0n) is 12.8. The van der Waals surface area contributed by atoms with E-state index in [9.17, 15) is 15.6 Å². The van der Waals surface area contributed by atoms with Gasteiger partial charge in [0.25, 0.3) is 0 Å². The number of quaternary nitrogens is 1. The third kappa shape index (κ3) is 2.00. The average Bonchev–Trinajstić information content (AvgIpc) is 2.54. The molecule has 2 aliphatic carbocycles. The van der Waals surface area contributed by atoms with E-state index in [2.05, 4.69) is 12.1 Å². The molecule has 4 nitrogen and oxygen atoms in total. The van der Waals surface area contributed by atoms with Gasteiger partial charge >= 0.3 is 0 Å². The van der Waals surface area contributed by atoms with Gasteiger partial charge in [0.05, 0.1) is 6.61 Å². The maximum atomic E-state index is 10.0. The summed E-state index contributed by atoms with van der Waals surface area (Å²) in [6, 6.07) is 5.29. The van der Waals surface area contributed by atoms with Gasteiger partial charge in [-0.1, -0.05) is 12.8 Å². The molecule has 0 aromatic heterocycles. The van der Waals surface area contributed by atoms with Gasteiger partial charge in [-0.15, -0.1) is 0 Å². The number of nitrogens with zero attached hydrogens (tertiary/aromatic N) is 2. The number of likely N-dealkylation sites (tertiary alicyclic amines) is 1. The number of aliphatic hydroxyl groups excluding tert-OH is 1. The van der Waals surface area contributed by atoms with E-state index in [1.54, 1.807) is 0 Å². The van der Waals surface area contributed by atoms with Crippen LogP contribution in [0.5, 0.6) is 0 Å². The molecule has 4 heteroatoms. The van der Waals surface area contributed by atoms with Gasteiger partial charge in [0.2, 0.25) is 0 Å². The lowest BCUT2D eigenvalue weighted by atomic mass is 9.57. The molecule has 3 rings (SSSR count). The van der Waals surface area contributed by atoms with Crippen molar-refractivity contribution in [1.29, 1.82) is 10.5 Å². The third-order valence-corrected chi connectivity index (χ3v) is 6.55. The summed E-state index contributed by atoms with van der Waals surface area (Å²) >= 11 is 0. The first-order valence-corrected chi connectivity index (χ1v) is 8.53. The van der Waals surface area contributed by atoms with Crippen LogP contribution >= 0.6 is 0 Å². The van der Waals surface area contributed by atoms with E-state index in [1.807, 2.05) is 0 Å². The Bertz CT molecular complexity index is 439. The second-order valence-corrected chi connectivity index (χ2v) is 7.24. The van der Waals surface area contributed by atoms with E-state index < -0.39 is 11.1 Å². The predicted octanol–water partition coefficient (Wildman–Crippen LogP) is 1.17. The molecule has 4 atom stereocenters. The summed E-state index contributed by atoms with van der Waals surface area (Å²) in [5.74, 6) is 0.838. The molecule has 0 radical (unpaired) electrons. The lowest BCUT2D eigenvalue weighted by molar-refractivity contribution is -1.00. The minimum absolute atomic E-state index is 0.0711. The zero-order chi connectivity index (χ0) is 14.9. The van der Waals surface area contributed by atoms with Crippen LogP contribution in [0.1, 0.15) is 57.8 Å². The van der Waals surface area contributed by atoms with Crippen molar-refractivity contribution in [2.75, 3.05) is 13.2 Å². The summed E-state index contributed by atoms with van der Waals surface area (Å²) in [5.41, 5.74) is -0.852. The molecule has 0 aromatic rings. The Kier molecular flexibility index (Phi) is 3.95. The van der Waals surface area contributed by atoms with Crippen LogP contribution < -0.4 is 4.90 Å². The van der Waals surface area contributed by atoms with Gasteiger partial charge in [0, 0.05) is 24.7 Å². The normalized spacial score (nSPS) is 45.8. The number of hydrogen-bond acceptors (Lipinski definition) is 3. The molecule has 3 fully saturated rings. The van der Waals surface area contributed by atoms with Crippen molar-refractivity contribution in [3.05, 3.63) is 0 Å². The molecule has 114 valence electrons. The summed E-state index contributed by atoms with van der Waals surface area (Å²) in [6.45, 7) is 0.621. The maximum Gasteiger partial charge on any atom is 0.188 e. The average molecular weight is 288 g/mol. The summed E-state index contributed by atoms with van der Waals surface area (Å²) in [5, 5.41) is 29.6. The monoisotopic (exact) mass is 288 g/mol. The van der Waals surface area contributed by atoms with Gasteiger partial charge in [0.15, 0.2) is 11.1 Å². The summed E-state index contributed by atoms with van der Waals surface area (Å²) in [4.78, 5) is 1.11. The Hall–Kier alpha value is -1.10. The second kappa shape index (κ2) is 5.59. The van der Waals surface area contributed by atoms with Crippen LogP contribution in [0.2, 0.25) is 0 Å². The van der Waals surface area contributed by atoms with E-state index in [1.165, 1.54) is 12.8 Å². The standard InChI is InChI=1S/C17H25N3O/c18-12-16-7-3-1-5-14(16)11-15-6-2-4-8-17(15,13-19)20(16)9-10-21/h14-15,21H,1-11H2/p+1/t14-,15-,16+,17+/m0/s1. The second-order valence-electron chi connectivity index (χ2n) is 7.24. The van der Waals surface area contributed by atoms with Gasteiger partial charge in [0.1, 0.15) is 18.7 Å². The molecular weight excluding hydrogens is 262 g/mol. The topological polar surface area (TPSA) is 72.2 Å². The number of aliphatic hydroxyl groups is 1. The largest absolute Gasteiger partial charge is 0.391 e. The molecular formula is C17H26N3O+. The molecule has 2 N–H and O–H groups in total. The molecule has 0 amide bonds. The first-order chi connectivity index (χ1) is 10.2. The van der Waals surface area contributed by atoms with Gasteiger partial charge in [-0.05, 0) is 32.1 Å². The van der Waals surface area contributed by atoms with Crippen molar-refractivity contribution in [1.82, 2.24) is 0 Å². The third-order valence-electron chi connectivity index (χ3n) is 6.55. The molecule has 2 saturated carbocycles. The maximum absolute atomic E-state index is 10.0. The highest BCUT2D eigenvalue weighted by molar-refractivity contribution is 5.17. The molecule has 0 bridgehead atoms. The van der Waals surface area contributed by atoms with Gasteiger partial charge in [-0.25, -0.2) is 0 Å². The van der Waals surface area contributed by atoms with Crippen molar-refractivity contribution < 1.29 is 10.0 Å². The van der Waals surface area contributed by atoms with Crippen LogP contribution in [0.3, 0.4) is 0 Å². The summed E-state index contributed by atoms with van der Waals surface area (Å²) in [7, 11) is 0. The molecule has 3 aliphatic rings. The lowest BCUT2D eigenvalue weighted by Crippen LogP contribution is -3.30. The smallest absolute Gasteiger partial charge is 0.188 e. The Morgan fingerprint density at radius 2 is 1.48 bits per heavy atom. The van der Waals surface area contributed by atoms with Crippen LogP contribution in [0.25, 0.3) is 0 Å². The highest BCUT2D eigenvalue weighted by atomic mass is 16.3. The van der Waals surface area contributed by atoms with Gasteiger partial charge < -0.3 is 5.11 Å². The first kappa shape index (κ1) is 14.8. The van der Waals surface area contributed by atoms with Crippen molar-refractivity contribution in [3.8, 4) is 12.1 Å². The Morgan fingerprint density at radius 3 is 1.90 bits per heavy atom. The van der Waals surface area contributed by atoms with Gasteiger partial charge in [-0.3, -0.25) is 4.90 Å². The molecule has 1 heterocycles. The number of fused-ring (bicyclic) bond motifs is 2. The molecule has 0 unspecified atom stereocenters. The highest BCUT2D eigenvalue weighted by Gasteiger charge is 2.65. The zero-order valence-corrected chi connectivity index (χ0v) is 12.8. The highest BCUT2D eigenvalue weighted by Crippen LogP contribution is 2.46. The van der Waals surface area contributed by atoms with E-state index in [0.717, 1.165) is 49.8 Å². The quantitative estimate of drug-likeness (QED) is 0.801. The van der Waals surface area contributed by atoms with Crippen LogP contribution in [-0.4, -0.2) is 29.3 Å². The van der Waals surface area contributed by atoms with Crippen LogP contribution in [-0.2, 0) is 0 Å². The minimum Gasteiger partial charge on any atom is -0.391 e. The Balaban J connectivity index is 2.07. The summed E-state index contributed by atoms with van der Waals surface area (Å²) < 4.78 is 0. The van der Waals surface area contributed by atoms with Crippen molar-refractivity contribution in [2.24, 2.45) is 11.8 Å². The predicted molar refractivity (Wildman–Crippen MR) is 78.1 cm³/mol. The van der Waals surface area contributed by atoms with Crippen LogP contribution in [0, 0.1) is 34.5 Å². The molecule has 1 aliphatic heterocycles. The number of nitriles is 2. The number of nitrogens with one attached hydrogen (secondary N) is 1. The molecule has 21 heavy (non-hydrogen) atoms. The van der Waals surface area contributed by atoms with E-state index in [4.69, 9.17) is 0 Å². The van der Waals surface area contributed by atoms with E-state index in [0.29, 0.717) is 18.4 Å².